The number of nitrogens with one attached hydrogen (secondary N) is 2. The SMILES string of the molecule is COc1cccc2c1[C@H]1CNC(CCCn3c(=O)[nH]c4c(sc5ncccc54)c3=O)C[C@@H]1CO2. The van der Waals surface area contributed by atoms with Gasteiger partial charge in [-0.05, 0) is 43.5 Å². The Labute approximate surface area is 199 Å². The number of aromatic nitrogens is 3. The lowest BCUT2D eigenvalue weighted by molar-refractivity contribution is 0.138. The van der Waals surface area contributed by atoms with Crippen LogP contribution in [0.4, 0.5) is 0 Å². The molecule has 5 heterocycles. The summed E-state index contributed by atoms with van der Waals surface area (Å²) in [6, 6.07) is 9.99. The Balaban J connectivity index is 1.15. The number of H-pyrrole nitrogens is 1. The molecule has 0 saturated carbocycles. The average molecular weight is 479 g/mol. The number of pyridine rings is 1. The van der Waals surface area contributed by atoms with E-state index in [9.17, 15) is 9.59 Å². The van der Waals surface area contributed by atoms with Gasteiger partial charge in [-0.25, -0.2) is 9.78 Å². The first-order valence-electron chi connectivity index (χ1n) is 11.7. The number of rotatable bonds is 5. The lowest BCUT2D eigenvalue weighted by Gasteiger charge is -2.41. The van der Waals surface area contributed by atoms with Gasteiger partial charge in [0.05, 0.1) is 19.2 Å². The fourth-order valence-electron chi connectivity index (χ4n) is 5.50. The second-order valence-electron chi connectivity index (χ2n) is 9.08. The molecule has 1 fully saturated rings. The van der Waals surface area contributed by atoms with Crippen LogP contribution < -0.4 is 26.0 Å². The maximum Gasteiger partial charge on any atom is 0.328 e. The summed E-state index contributed by atoms with van der Waals surface area (Å²) in [6.45, 7) is 1.97. The first-order valence-corrected chi connectivity index (χ1v) is 12.5. The number of ether oxygens (including phenoxy) is 2. The molecule has 0 aliphatic carbocycles. The van der Waals surface area contributed by atoms with E-state index in [4.69, 9.17) is 9.47 Å². The van der Waals surface area contributed by atoms with Crippen LogP contribution in [0.25, 0.3) is 20.4 Å². The normalized spacial score (nSPS) is 21.7. The molecular formula is C25H26N4O4S. The van der Waals surface area contributed by atoms with E-state index in [1.807, 2.05) is 30.3 Å². The minimum atomic E-state index is -0.359. The van der Waals surface area contributed by atoms with Gasteiger partial charge in [0, 0.05) is 48.1 Å². The van der Waals surface area contributed by atoms with E-state index >= 15 is 0 Å². The fraction of sp³-hybridized carbons (Fsp3) is 0.400. The molecule has 0 radical (unpaired) electrons. The molecule has 176 valence electrons. The third kappa shape index (κ3) is 3.50. The molecule has 2 N–H and O–H groups in total. The highest BCUT2D eigenvalue weighted by Gasteiger charge is 2.38. The van der Waals surface area contributed by atoms with Crippen molar-refractivity contribution in [3.8, 4) is 11.5 Å². The average Bonchev–Trinajstić information content (AvgIpc) is 3.24. The lowest BCUT2D eigenvalue weighted by atomic mass is 9.76. The van der Waals surface area contributed by atoms with Crippen LogP contribution in [-0.4, -0.2) is 40.8 Å². The molecule has 0 amide bonds. The molecule has 3 aromatic heterocycles. The number of fused-ring (bicyclic) bond motifs is 6. The maximum atomic E-state index is 13.0. The van der Waals surface area contributed by atoms with E-state index in [1.165, 1.54) is 15.9 Å². The van der Waals surface area contributed by atoms with Crippen molar-refractivity contribution in [2.45, 2.75) is 37.8 Å². The van der Waals surface area contributed by atoms with Crippen molar-refractivity contribution in [1.29, 1.82) is 0 Å². The van der Waals surface area contributed by atoms with Gasteiger partial charge >= 0.3 is 5.69 Å². The second-order valence-corrected chi connectivity index (χ2v) is 10.1. The van der Waals surface area contributed by atoms with Crippen LogP contribution in [0.2, 0.25) is 0 Å². The smallest absolute Gasteiger partial charge is 0.328 e. The molecule has 8 nitrogen and oxygen atoms in total. The molecule has 0 bridgehead atoms. The quantitative estimate of drug-likeness (QED) is 0.457. The monoisotopic (exact) mass is 478 g/mol. The van der Waals surface area contributed by atoms with Gasteiger partial charge in [0.15, 0.2) is 0 Å². The topological polar surface area (TPSA) is 98.2 Å². The molecule has 6 rings (SSSR count). The highest BCUT2D eigenvalue weighted by molar-refractivity contribution is 7.25. The van der Waals surface area contributed by atoms with Gasteiger partial charge in [-0.2, -0.15) is 0 Å². The second kappa shape index (κ2) is 8.56. The third-order valence-electron chi connectivity index (χ3n) is 7.17. The summed E-state index contributed by atoms with van der Waals surface area (Å²) >= 11 is 1.33. The van der Waals surface area contributed by atoms with E-state index in [2.05, 4.69) is 15.3 Å². The van der Waals surface area contributed by atoms with Crippen LogP contribution >= 0.6 is 11.3 Å². The molecule has 1 saturated heterocycles. The van der Waals surface area contributed by atoms with E-state index in [1.54, 1.807) is 13.3 Å². The minimum Gasteiger partial charge on any atom is -0.496 e. The van der Waals surface area contributed by atoms with Crippen LogP contribution in [0.1, 0.15) is 30.7 Å². The number of thiophene rings is 1. The largest absolute Gasteiger partial charge is 0.496 e. The third-order valence-corrected chi connectivity index (χ3v) is 8.27. The van der Waals surface area contributed by atoms with Gasteiger partial charge < -0.3 is 19.8 Å². The number of hydrogen-bond acceptors (Lipinski definition) is 7. The number of piperidine rings is 1. The standard InChI is InChI=1S/C25H26N4O4S/c1-32-18-7-2-8-19-20(18)17-12-27-15(11-14(17)13-33-19)5-4-10-29-24(30)22-21(28-25(29)31)16-6-3-9-26-23(16)34-22/h2-3,6-9,14-15,17,27H,4-5,10-13H2,1H3,(H,28,31)/t14-,15?,17+/m1/s1. The predicted octanol–water partition coefficient (Wildman–Crippen LogP) is 3.24. The summed E-state index contributed by atoms with van der Waals surface area (Å²) in [5.41, 5.74) is 1.16. The van der Waals surface area contributed by atoms with Crippen LogP contribution in [0.5, 0.6) is 11.5 Å². The molecule has 3 atom stereocenters. The summed E-state index contributed by atoms with van der Waals surface area (Å²) in [4.78, 5) is 33.7. The minimum absolute atomic E-state index is 0.234. The maximum absolute atomic E-state index is 13.0. The lowest BCUT2D eigenvalue weighted by Crippen LogP contribution is -2.46. The summed E-state index contributed by atoms with van der Waals surface area (Å²) < 4.78 is 13.5. The summed E-state index contributed by atoms with van der Waals surface area (Å²) in [5, 5.41) is 4.50. The van der Waals surface area contributed by atoms with Crippen molar-refractivity contribution in [1.82, 2.24) is 19.9 Å². The summed E-state index contributed by atoms with van der Waals surface area (Å²) in [5.74, 6) is 2.60. The zero-order valence-electron chi connectivity index (χ0n) is 18.9. The molecule has 1 unspecified atom stereocenters. The van der Waals surface area contributed by atoms with Crippen LogP contribution in [-0.2, 0) is 6.54 Å². The molecular weight excluding hydrogens is 452 g/mol. The van der Waals surface area contributed by atoms with Crippen molar-refractivity contribution in [2.24, 2.45) is 5.92 Å². The van der Waals surface area contributed by atoms with Crippen molar-refractivity contribution in [2.75, 3.05) is 20.3 Å². The van der Waals surface area contributed by atoms with Crippen LogP contribution in [0, 0.1) is 5.92 Å². The van der Waals surface area contributed by atoms with E-state index < -0.39 is 0 Å². The Kier molecular flexibility index (Phi) is 5.38. The molecule has 9 heteroatoms. The number of nitrogens with zero attached hydrogens (tertiary/aromatic N) is 2. The zero-order valence-corrected chi connectivity index (χ0v) is 19.7. The van der Waals surface area contributed by atoms with Crippen molar-refractivity contribution >= 4 is 31.8 Å². The van der Waals surface area contributed by atoms with Crippen LogP contribution in [0.15, 0.2) is 46.1 Å². The Bertz CT molecular complexity index is 1480. The molecule has 1 aromatic carbocycles. The van der Waals surface area contributed by atoms with Gasteiger partial charge in [-0.15, -0.1) is 11.3 Å². The zero-order chi connectivity index (χ0) is 23.2. The number of hydrogen-bond donors (Lipinski definition) is 2. The predicted molar refractivity (Wildman–Crippen MR) is 132 cm³/mol. The number of benzene rings is 1. The summed E-state index contributed by atoms with van der Waals surface area (Å²) in [7, 11) is 1.70. The Morgan fingerprint density at radius 3 is 3.06 bits per heavy atom. The first kappa shape index (κ1) is 21.4. The Morgan fingerprint density at radius 2 is 2.18 bits per heavy atom. The van der Waals surface area contributed by atoms with Gasteiger partial charge in [0.2, 0.25) is 0 Å². The van der Waals surface area contributed by atoms with Crippen molar-refractivity contribution in [3.63, 3.8) is 0 Å². The van der Waals surface area contributed by atoms with Crippen molar-refractivity contribution in [3.05, 3.63) is 62.9 Å². The molecule has 34 heavy (non-hydrogen) atoms. The van der Waals surface area contributed by atoms with Gasteiger partial charge in [0.25, 0.3) is 5.56 Å². The number of aromatic amines is 1. The first-order chi connectivity index (χ1) is 16.6. The summed E-state index contributed by atoms with van der Waals surface area (Å²) in [6.07, 6.45) is 4.32. The Morgan fingerprint density at radius 1 is 1.26 bits per heavy atom. The number of methoxy groups -OCH3 is 1. The van der Waals surface area contributed by atoms with Gasteiger partial charge in [-0.3, -0.25) is 9.36 Å². The van der Waals surface area contributed by atoms with Crippen LogP contribution in [0.3, 0.4) is 0 Å². The molecule has 0 spiro atoms. The van der Waals surface area contributed by atoms with Gasteiger partial charge in [0.1, 0.15) is 21.0 Å². The highest BCUT2D eigenvalue weighted by Crippen LogP contribution is 2.45. The van der Waals surface area contributed by atoms with Crippen molar-refractivity contribution < 1.29 is 9.47 Å². The fourth-order valence-corrected chi connectivity index (χ4v) is 6.55. The highest BCUT2D eigenvalue weighted by atomic mass is 32.1. The Hall–Kier alpha value is -3.17. The molecule has 2 aliphatic heterocycles. The van der Waals surface area contributed by atoms with E-state index in [-0.39, 0.29) is 11.2 Å². The molecule has 2 aliphatic rings. The molecule has 4 aromatic rings. The van der Waals surface area contributed by atoms with Gasteiger partial charge in [-0.1, -0.05) is 6.07 Å². The van der Waals surface area contributed by atoms with E-state index in [0.717, 1.165) is 53.1 Å². The van der Waals surface area contributed by atoms with E-state index in [0.29, 0.717) is 41.2 Å².